The SMILES string of the molecule is Cl.[2H]C([2H])(N1CCN(CCO)CC1)C([2H])([2H])C([2H])([2H])N1c2ccccc2Sc2ccc(C(F)(F)F)cc21. The van der Waals surface area contributed by atoms with Crippen LogP contribution in [0.2, 0.25) is 0 Å². The molecule has 2 aliphatic rings. The first-order valence-electron chi connectivity index (χ1n) is 12.6. The number of anilines is 2. The van der Waals surface area contributed by atoms with Gasteiger partial charge in [-0.1, -0.05) is 23.9 Å². The van der Waals surface area contributed by atoms with Crippen molar-refractivity contribution in [3.63, 3.8) is 0 Å². The Morgan fingerprint density at radius 1 is 0.935 bits per heavy atom. The third kappa shape index (κ3) is 5.68. The molecule has 1 N–H and O–H groups in total. The van der Waals surface area contributed by atoms with Crippen molar-refractivity contribution in [3.8, 4) is 0 Å². The van der Waals surface area contributed by atoms with Gasteiger partial charge in [-0.2, -0.15) is 13.2 Å². The molecule has 2 aliphatic heterocycles. The largest absolute Gasteiger partial charge is 0.416 e. The lowest BCUT2D eigenvalue weighted by molar-refractivity contribution is -0.137. The lowest BCUT2D eigenvalue weighted by Gasteiger charge is -2.36. The summed E-state index contributed by atoms with van der Waals surface area (Å²) in [6.07, 6.45) is -7.88. The van der Waals surface area contributed by atoms with Crippen LogP contribution in [0.5, 0.6) is 0 Å². The molecular formula is C22H27ClF3N3OS. The van der Waals surface area contributed by atoms with Crippen molar-refractivity contribution in [2.24, 2.45) is 0 Å². The number of piperazine rings is 1. The molecule has 0 aliphatic carbocycles. The summed E-state index contributed by atoms with van der Waals surface area (Å²) in [5.74, 6) is 0. The molecule has 1 fully saturated rings. The van der Waals surface area contributed by atoms with Gasteiger partial charge in [0.25, 0.3) is 0 Å². The number of para-hydroxylation sites is 1. The number of hydrogen-bond acceptors (Lipinski definition) is 5. The van der Waals surface area contributed by atoms with Crippen molar-refractivity contribution in [1.82, 2.24) is 9.80 Å². The van der Waals surface area contributed by atoms with Crippen LogP contribution in [-0.2, 0) is 6.18 Å². The zero-order valence-corrected chi connectivity index (χ0v) is 18.2. The minimum Gasteiger partial charge on any atom is -0.395 e. The van der Waals surface area contributed by atoms with Crippen LogP contribution in [0.1, 0.15) is 20.2 Å². The molecule has 0 radical (unpaired) electrons. The van der Waals surface area contributed by atoms with Crippen molar-refractivity contribution in [3.05, 3.63) is 48.0 Å². The fourth-order valence-electron chi connectivity index (χ4n) is 3.44. The number of β-amino-alcohol motifs (C(OH)–C–C–N with tert-alkyl or cyclic N) is 1. The maximum Gasteiger partial charge on any atom is 0.416 e. The Bertz CT molecular complexity index is 1120. The quantitative estimate of drug-likeness (QED) is 0.647. The topological polar surface area (TPSA) is 30.0 Å². The van der Waals surface area contributed by atoms with Gasteiger partial charge < -0.3 is 14.9 Å². The fraction of sp³-hybridized carbons (Fsp3) is 0.455. The van der Waals surface area contributed by atoms with Gasteiger partial charge in [0.1, 0.15) is 0 Å². The van der Waals surface area contributed by atoms with E-state index in [1.54, 1.807) is 18.2 Å². The highest BCUT2D eigenvalue weighted by molar-refractivity contribution is 7.99. The van der Waals surface area contributed by atoms with Crippen molar-refractivity contribution in [2.75, 3.05) is 57.2 Å². The van der Waals surface area contributed by atoms with Gasteiger partial charge in [-0.15, -0.1) is 12.4 Å². The van der Waals surface area contributed by atoms with Crippen molar-refractivity contribution >= 4 is 35.5 Å². The average molecular weight is 480 g/mol. The molecule has 1 saturated heterocycles. The minimum absolute atomic E-state index is 0. The summed E-state index contributed by atoms with van der Waals surface area (Å²) in [6, 6.07) is 9.33. The van der Waals surface area contributed by atoms with E-state index in [4.69, 9.17) is 13.3 Å². The molecule has 4 nitrogen and oxygen atoms in total. The van der Waals surface area contributed by atoms with Crippen LogP contribution in [0.15, 0.2) is 52.3 Å². The summed E-state index contributed by atoms with van der Waals surface area (Å²) in [6.45, 7) is -4.64. The number of fused-ring (bicyclic) bond motifs is 2. The van der Waals surface area contributed by atoms with Crippen LogP contribution < -0.4 is 4.90 Å². The van der Waals surface area contributed by atoms with Crippen molar-refractivity contribution in [1.29, 1.82) is 0 Å². The summed E-state index contributed by atoms with van der Waals surface area (Å²) in [4.78, 5) is 4.80. The maximum absolute atomic E-state index is 13.6. The number of rotatable bonds is 6. The molecule has 0 aromatic heterocycles. The summed E-state index contributed by atoms with van der Waals surface area (Å²) in [7, 11) is 0. The zero-order chi connectivity index (χ0) is 26.5. The standard InChI is InChI=1S/C22H26F3N3OS.ClH/c23-22(24,25)17-6-7-21-19(16-17)28(18-4-1-2-5-20(18)30-21)9-3-8-26-10-12-27(13-11-26)14-15-29;/h1-2,4-7,16,29H,3,8-15H2;1H/i3D2,8D2,9D2;. The van der Waals surface area contributed by atoms with Crippen LogP contribution in [0.25, 0.3) is 0 Å². The van der Waals surface area contributed by atoms with Crippen LogP contribution in [0.3, 0.4) is 0 Å². The molecule has 0 saturated carbocycles. The van der Waals surface area contributed by atoms with Crippen LogP contribution in [-0.4, -0.2) is 67.2 Å². The molecule has 0 amide bonds. The number of alkyl halides is 3. The summed E-state index contributed by atoms with van der Waals surface area (Å²) in [5.41, 5.74) is -1.02. The first kappa shape index (κ1) is 17.1. The highest BCUT2D eigenvalue weighted by Crippen LogP contribution is 2.49. The van der Waals surface area contributed by atoms with E-state index in [-0.39, 0.29) is 43.5 Å². The Morgan fingerprint density at radius 2 is 1.61 bits per heavy atom. The second-order valence-electron chi connectivity index (χ2n) is 6.99. The van der Waals surface area contributed by atoms with Gasteiger partial charge in [0.05, 0.1) is 23.5 Å². The van der Waals surface area contributed by atoms with Gasteiger partial charge in [0.15, 0.2) is 0 Å². The monoisotopic (exact) mass is 479 g/mol. The van der Waals surface area contributed by atoms with E-state index in [0.29, 0.717) is 29.4 Å². The second-order valence-corrected chi connectivity index (χ2v) is 8.07. The molecule has 0 unspecified atom stereocenters. The number of aliphatic hydroxyl groups is 1. The molecule has 2 aromatic carbocycles. The lowest BCUT2D eigenvalue weighted by Crippen LogP contribution is -2.47. The van der Waals surface area contributed by atoms with Gasteiger partial charge in [0.2, 0.25) is 0 Å². The highest BCUT2D eigenvalue weighted by Gasteiger charge is 2.33. The summed E-state index contributed by atoms with van der Waals surface area (Å²) < 4.78 is 93.3. The molecule has 9 heteroatoms. The van der Waals surface area contributed by atoms with E-state index in [1.807, 2.05) is 4.90 Å². The molecule has 31 heavy (non-hydrogen) atoms. The van der Waals surface area contributed by atoms with Crippen LogP contribution >= 0.6 is 24.2 Å². The summed E-state index contributed by atoms with van der Waals surface area (Å²) in [5, 5.41) is 9.14. The van der Waals surface area contributed by atoms with E-state index in [0.717, 1.165) is 28.8 Å². The number of benzene rings is 2. The zero-order valence-electron chi connectivity index (χ0n) is 22.5. The van der Waals surface area contributed by atoms with E-state index in [9.17, 15) is 13.2 Å². The predicted octanol–water partition coefficient (Wildman–Crippen LogP) is 4.73. The fourth-order valence-corrected chi connectivity index (χ4v) is 4.47. The Balaban J connectivity index is 0.00000380. The second kappa shape index (κ2) is 10.4. The smallest absolute Gasteiger partial charge is 0.395 e. The summed E-state index contributed by atoms with van der Waals surface area (Å²) >= 11 is 1.14. The predicted molar refractivity (Wildman–Crippen MR) is 121 cm³/mol. The van der Waals surface area contributed by atoms with E-state index >= 15 is 0 Å². The first-order chi connectivity index (χ1) is 16.7. The number of nitrogens with zero attached hydrogens (tertiary/aromatic N) is 3. The molecule has 2 heterocycles. The Kier molecular flexibility index (Phi) is 5.76. The Morgan fingerprint density at radius 3 is 2.32 bits per heavy atom. The number of aliphatic hydroxyl groups excluding tert-OH is 1. The molecule has 170 valence electrons. The van der Waals surface area contributed by atoms with E-state index < -0.39 is 31.1 Å². The highest BCUT2D eigenvalue weighted by atomic mass is 35.5. The van der Waals surface area contributed by atoms with Gasteiger partial charge >= 0.3 is 6.18 Å². The minimum atomic E-state index is -4.70. The average Bonchev–Trinajstić information content (AvgIpc) is 2.81. The third-order valence-corrected chi connectivity index (χ3v) is 6.15. The van der Waals surface area contributed by atoms with E-state index in [2.05, 4.69) is 0 Å². The third-order valence-electron chi connectivity index (χ3n) is 5.02. The first-order valence-corrected chi connectivity index (χ1v) is 10.4. The Hall–Kier alpha value is -1.45. The molecule has 4 rings (SSSR count). The molecule has 0 bridgehead atoms. The number of hydrogen-bond donors (Lipinski definition) is 1. The molecule has 2 aromatic rings. The van der Waals surface area contributed by atoms with E-state index in [1.165, 1.54) is 17.0 Å². The van der Waals surface area contributed by atoms with Gasteiger partial charge in [0, 0.05) is 57.2 Å². The lowest BCUT2D eigenvalue weighted by atomic mass is 10.1. The van der Waals surface area contributed by atoms with Gasteiger partial charge in [-0.3, -0.25) is 4.90 Å². The molecule has 0 spiro atoms. The van der Waals surface area contributed by atoms with Crippen molar-refractivity contribution < 1.29 is 26.5 Å². The maximum atomic E-state index is 13.6. The Labute approximate surface area is 199 Å². The van der Waals surface area contributed by atoms with Gasteiger partial charge in [-0.05, 0) is 43.2 Å². The molecular weight excluding hydrogens is 447 g/mol. The van der Waals surface area contributed by atoms with Crippen molar-refractivity contribution in [2.45, 2.75) is 22.3 Å². The van der Waals surface area contributed by atoms with Crippen LogP contribution in [0, 0.1) is 0 Å². The number of halogens is 4. The van der Waals surface area contributed by atoms with Gasteiger partial charge in [-0.25, -0.2) is 0 Å². The normalized spacial score (nSPS) is 21.4. The van der Waals surface area contributed by atoms with Crippen LogP contribution in [0.4, 0.5) is 24.5 Å². The molecule has 0 atom stereocenters.